The van der Waals surface area contributed by atoms with Crippen LogP contribution >= 0.6 is 0 Å². The Morgan fingerprint density at radius 1 is 1.58 bits per heavy atom. The molecule has 1 unspecified atom stereocenters. The van der Waals surface area contributed by atoms with E-state index in [0.717, 1.165) is 31.8 Å². The molecule has 1 aliphatic carbocycles. The lowest BCUT2D eigenvalue weighted by molar-refractivity contribution is 0.0927. The zero-order valence-electron chi connectivity index (χ0n) is 11.3. The average molecular weight is 263 g/mol. The zero-order valence-corrected chi connectivity index (χ0v) is 11.3. The van der Waals surface area contributed by atoms with Crippen molar-refractivity contribution >= 4 is 5.91 Å². The molecule has 1 amide bonds. The smallest absolute Gasteiger partial charge is 0.273 e. The lowest BCUT2D eigenvalue weighted by Crippen LogP contribution is -2.43. The van der Waals surface area contributed by atoms with E-state index in [0.29, 0.717) is 11.7 Å². The van der Waals surface area contributed by atoms with Gasteiger partial charge in [-0.15, -0.1) is 5.10 Å². The Bertz CT molecular complexity index is 450. The molecule has 0 radical (unpaired) electrons. The minimum absolute atomic E-state index is 0.0916. The molecular formula is C13H21N5O. The minimum atomic E-state index is -0.0916. The summed E-state index contributed by atoms with van der Waals surface area (Å²) in [6.07, 6.45) is 6.46. The van der Waals surface area contributed by atoms with Crippen LogP contribution in [0.1, 0.15) is 49.1 Å². The third kappa shape index (κ3) is 2.94. The van der Waals surface area contributed by atoms with E-state index in [1.54, 1.807) is 10.9 Å². The van der Waals surface area contributed by atoms with Gasteiger partial charge in [0.1, 0.15) is 0 Å². The first kappa shape index (κ1) is 12.6. The maximum Gasteiger partial charge on any atom is 0.273 e. The predicted molar refractivity (Wildman–Crippen MR) is 70.8 cm³/mol. The van der Waals surface area contributed by atoms with E-state index in [1.807, 2.05) is 0 Å². The van der Waals surface area contributed by atoms with Crippen molar-refractivity contribution in [1.29, 1.82) is 0 Å². The molecule has 1 atom stereocenters. The van der Waals surface area contributed by atoms with Gasteiger partial charge in [0.2, 0.25) is 0 Å². The first-order chi connectivity index (χ1) is 9.26. The van der Waals surface area contributed by atoms with Crippen LogP contribution in [0.25, 0.3) is 0 Å². The second-order valence-electron chi connectivity index (χ2n) is 5.65. The molecule has 6 heteroatoms. The largest absolute Gasteiger partial charge is 0.348 e. The maximum absolute atomic E-state index is 12.1. The zero-order chi connectivity index (χ0) is 13.2. The van der Waals surface area contributed by atoms with E-state index in [4.69, 9.17) is 0 Å². The van der Waals surface area contributed by atoms with Crippen LogP contribution in [0.3, 0.4) is 0 Å². The van der Waals surface area contributed by atoms with Gasteiger partial charge < -0.3 is 10.6 Å². The highest BCUT2D eigenvalue weighted by atomic mass is 16.2. The van der Waals surface area contributed by atoms with Crippen molar-refractivity contribution in [3.63, 3.8) is 0 Å². The highest BCUT2D eigenvalue weighted by molar-refractivity contribution is 5.92. The molecule has 19 heavy (non-hydrogen) atoms. The van der Waals surface area contributed by atoms with Gasteiger partial charge in [-0.2, -0.15) is 0 Å². The van der Waals surface area contributed by atoms with Gasteiger partial charge >= 0.3 is 0 Å². The van der Waals surface area contributed by atoms with Crippen LogP contribution in [0.2, 0.25) is 0 Å². The Hall–Kier alpha value is -1.43. The molecule has 2 N–H and O–H groups in total. The number of rotatable bonds is 6. The van der Waals surface area contributed by atoms with Crippen molar-refractivity contribution in [3.8, 4) is 0 Å². The molecule has 104 valence electrons. The topological polar surface area (TPSA) is 71.8 Å². The number of carbonyl (C=O) groups excluding carboxylic acids is 1. The molecule has 1 aromatic rings. The molecule has 6 nitrogen and oxygen atoms in total. The molecule has 2 fully saturated rings. The van der Waals surface area contributed by atoms with Crippen molar-refractivity contribution in [3.05, 3.63) is 11.9 Å². The fraction of sp³-hybridized carbons (Fsp3) is 0.769. The maximum atomic E-state index is 12.1. The average Bonchev–Trinajstić information content (AvgIpc) is 3.02. The Balaban J connectivity index is 1.57. The lowest BCUT2D eigenvalue weighted by Gasteiger charge is -2.26. The van der Waals surface area contributed by atoms with Crippen LogP contribution in [-0.2, 0) is 0 Å². The Morgan fingerprint density at radius 2 is 2.37 bits per heavy atom. The molecule has 2 aliphatic rings. The fourth-order valence-electron chi connectivity index (χ4n) is 2.36. The van der Waals surface area contributed by atoms with Crippen LogP contribution in [-0.4, -0.2) is 40.0 Å². The van der Waals surface area contributed by atoms with E-state index >= 15 is 0 Å². The molecule has 1 saturated carbocycles. The molecule has 1 aromatic heterocycles. The number of nitrogens with zero attached hydrogens (tertiary/aromatic N) is 3. The van der Waals surface area contributed by atoms with Crippen molar-refractivity contribution in [2.75, 3.05) is 13.1 Å². The van der Waals surface area contributed by atoms with Gasteiger partial charge in [-0.3, -0.25) is 4.79 Å². The summed E-state index contributed by atoms with van der Waals surface area (Å²) in [5.74, 6) is 0.730. The highest BCUT2D eigenvalue weighted by Crippen LogP contribution is 2.34. The lowest BCUT2D eigenvalue weighted by atomic mass is 10.1. The van der Waals surface area contributed by atoms with Gasteiger partial charge in [-0.05, 0) is 18.8 Å². The van der Waals surface area contributed by atoms with E-state index in [1.165, 1.54) is 12.8 Å². The van der Waals surface area contributed by atoms with E-state index in [9.17, 15) is 4.79 Å². The monoisotopic (exact) mass is 263 g/mol. The molecule has 1 saturated heterocycles. The van der Waals surface area contributed by atoms with E-state index < -0.39 is 0 Å². The Labute approximate surface area is 112 Å². The molecule has 3 rings (SSSR count). The van der Waals surface area contributed by atoms with Gasteiger partial charge in [0.05, 0.1) is 12.2 Å². The van der Waals surface area contributed by atoms with Crippen molar-refractivity contribution in [1.82, 2.24) is 25.6 Å². The van der Waals surface area contributed by atoms with Gasteiger partial charge in [0, 0.05) is 19.1 Å². The third-order valence-corrected chi connectivity index (χ3v) is 4.02. The Kier molecular flexibility index (Phi) is 3.50. The molecule has 0 spiro atoms. The minimum Gasteiger partial charge on any atom is -0.348 e. The van der Waals surface area contributed by atoms with Crippen LogP contribution in [0.4, 0.5) is 0 Å². The number of carbonyl (C=O) groups is 1. The predicted octanol–water partition coefficient (Wildman–Crippen LogP) is 0.731. The number of aromatic nitrogens is 3. The number of nitrogens with one attached hydrogen (secondary N) is 2. The summed E-state index contributed by atoms with van der Waals surface area (Å²) in [6, 6.07) is 0.623. The molecule has 0 aromatic carbocycles. The summed E-state index contributed by atoms with van der Waals surface area (Å²) < 4.78 is 1.78. The van der Waals surface area contributed by atoms with Crippen LogP contribution in [0.15, 0.2) is 6.20 Å². The summed E-state index contributed by atoms with van der Waals surface area (Å²) in [5, 5.41) is 14.3. The summed E-state index contributed by atoms with van der Waals surface area (Å²) in [5.41, 5.74) is 0.432. The summed E-state index contributed by atoms with van der Waals surface area (Å²) in [7, 11) is 0. The fourth-order valence-corrected chi connectivity index (χ4v) is 2.36. The van der Waals surface area contributed by atoms with Crippen LogP contribution in [0, 0.1) is 5.92 Å². The van der Waals surface area contributed by atoms with Gasteiger partial charge in [0.15, 0.2) is 5.69 Å². The summed E-state index contributed by atoms with van der Waals surface area (Å²) in [4.78, 5) is 12.1. The second kappa shape index (κ2) is 5.28. The van der Waals surface area contributed by atoms with E-state index in [-0.39, 0.29) is 11.9 Å². The quantitative estimate of drug-likeness (QED) is 0.793. The molecular weight excluding hydrogens is 242 g/mol. The first-order valence-corrected chi connectivity index (χ1v) is 7.19. The summed E-state index contributed by atoms with van der Waals surface area (Å²) >= 11 is 0. The van der Waals surface area contributed by atoms with Gasteiger partial charge in [-0.1, -0.05) is 25.0 Å². The third-order valence-electron chi connectivity index (χ3n) is 4.02. The number of hydrogen-bond donors (Lipinski definition) is 2. The van der Waals surface area contributed by atoms with Crippen LogP contribution in [0.5, 0.6) is 0 Å². The van der Waals surface area contributed by atoms with E-state index in [2.05, 4.69) is 27.9 Å². The molecule has 2 heterocycles. The molecule has 0 bridgehead atoms. The molecule has 1 aliphatic heterocycles. The highest BCUT2D eigenvalue weighted by Gasteiger charge is 2.27. The first-order valence-electron chi connectivity index (χ1n) is 7.19. The SMILES string of the molecule is CCC(CC1CC1)NC(=O)c1cn(C2CNC2)nn1. The Morgan fingerprint density at radius 3 is 2.95 bits per heavy atom. The van der Waals surface area contributed by atoms with Gasteiger partial charge in [0.25, 0.3) is 5.91 Å². The van der Waals surface area contributed by atoms with Crippen molar-refractivity contribution < 1.29 is 4.79 Å². The van der Waals surface area contributed by atoms with Crippen molar-refractivity contribution in [2.45, 2.75) is 44.7 Å². The second-order valence-corrected chi connectivity index (χ2v) is 5.65. The standard InChI is InChI=1S/C13H21N5O/c1-2-10(5-9-3-4-9)15-13(19)12-8-18(17-16-12)11-6-14-7-11/h8-11,14H,2-7H2,1H3,(H,15,19). The summed E-state index contributed by atoms with van der Waals surface area (Å²) in [6.45, 7) is 3.93. The van der Waals surface area contributed by atoms with Gasteiger partial charge in [-0.25, -0.2) is 4.68 Å². The number of hydrogen-bond acceptors (Lipinski definition) is 4. The normalized spacial score (nSPS) is 20.9. The van der Waals surface area contributed by atoms with Crippen molar-refractivity contribution in [2.24, 2.45) is 5.92 Å². The number of amides is 1. The van der Waals surface area contributed by atoms with Crippen LogP contribution < -0.4 is 10.6 Å².